The smallest absolute Gasteiger partial charge is 0.335 e. The highest BCUT2D eigenvalue weighted by Gasteiger charge is 2.39. The molecule has 1 aromatic heterocycles. The predicted molar refractivity (Wildman–Crippen MR) is 79.8 cm³/mol. The molecule has 1 saturated carbocycles. The summed E-state index contributed by atoms with van der Waals surface area (Å²) in [4.78, 5) is 18.3. The number of aromatic carboxylic acids is 1. The molecule has 0 unspecified atom stereocenters. The van der Waals surface area contributed by atoms with Crippen molar-refractivity contribution in [2.75, 3.05) is 11.4 Å². The number of piperidine rings is 1. The van der Waals surface area contributed by atoms with Gasteiger partial charge >= 0.3 is 5.97 Å². The lowest BCUT2D eigenvalue weighted by Gasteiger charge is -2.26. The van der Waals surface area contributed by atoms with Crippen LogP contribution in [0.2, 0.25) is 0 Å². The quantitative estimate of drug-likeness (QED) is 0.921. The van der Waals surface area contributed by atoms with Crippen LogP contribution in [0.5, 0.6) is 0 Å². The first-order valence-electron chi connectivity index (χ1n) is 7.03. The molecule has 2 atom stereocenters. The van der Waals surface area contributed by atoms with Crippen molar-refractivity contribution in [2.24, 2.45) is 5.92 Å². The second-order valence-electron chi connectivity index (χ2n) is 5.93. The molecule has 1 aromatic carbocycles. The summed E-state index contributed by atoms with van der Waals surface area (Å²) in [5.74, 6) is -0.0344. The Morgan fingerprint density at radius 3 is 2.95 bits per heavy atom. The highest BCUT2D eigenvalue weighted by molar-refractivity contribution is 7.22. The summed E-state index contributed by atoms with van der Waals surface area (Å²) in [6.45, 7) is 3.06. The molecule has 5 heteroatoms. The number of aryl methyl sites for hydroxylation is 1. The second-order valence-corrected chi connectivity index (χ2v) is 6.94. The third kappa shape index (κ3) is 1.73. The molecule has 1 aliphatic carbocycles. The fourth-order valence-corrected chi connectivity index (χ4v) is 4.75. The van der Waals surface area contributed by atoms with Gasteiger partial charge in [0.1, 0.15) is 0 Å². The molecule has 4 nitrogen and oxygen atoms in total. The van der Waals surface area contributed by atoms with Crippen LogP contribution in [0.15, 0.2) is 12.1 Å². The Labute approximate surface area is 121 Å². The summed E-state index contributed by atoms with van der Waals surface area (Å²) in [5, 5.41) is 10.2. The zero-order valence-corrected chi connectivity index (χ0v) is 12.1. The standard InChI is InChI=1S/C15H16N2O2S/c1-8-4-10(14(18)19)6-12-13(8)16-15(20-12)17-7-9-2-3-11(17)5-9/h4,6,9,11H,2-3,5,7H2,1H3,(H,18,19)/t9-,11+/m0/s1. The average Bonchev–Trinajstić information content (AvgIpc) is 3.12. The van der Waals surface area contributed by atoms with Gasteiger partial charge < -0.3 is 10.0 Å². The van der Waals surface area contributed by atoms with Crippen molar-refractivity contribution in [1.82, 2.24) is 4.98 Å². The number of benzene rings is 1. The molecule has 4 rings (SSSR count). The van der Waals surface area contributed by atoms with Crippen molar-refractivity contribution in [1.29, 1.82) is 0 Å². The minimum absolute atomic E-state index is 0.355. The van der Waals surface area contributed by atoms with Gasteiger partial charge in [0, 0.05) is 12.6 Å². The van der Waals surface area contributed by atoms with Gasteiger partial charge in [-0.1, -0.05) is 11.3 Å². The van der Waals surface area contributed by atoms with Crippen LogP contribution in [0.25, 0.3) is 10.2 Å². The molecule has 0 radical (unpaired) electrons. The van der Waals surface area contributed by atoms with Crippen molar-refractivity contribution in [3.63, 3.8) is 0 Å². The Morgan fingerprint density at radius 1 is 1.45 bits per heavy atom. The van der Waals surface area contributed by atoms with E-state index in [0.29, 0.717) is 11.6 Å². The third-order valence-corrected chi connectivity index (χ3v) is 5.62. The van der Waals surface area contributed by atoms with Crippen LogP contribution < -0.4 is 4.90 Å². The first-order valence-corrected chi connectivity index (χ1v) is 7.84. The number of carbonyl (C=O) groups is 1. The number of nitrogens with zero attached hydrogens (tertiary/aromatic N) is 2. The number of carboxylic acids is 1. The number of hydrogen-bond donors (Lipinski definition) is 1. The number of anilines is 1. The van der Waals surface area contributed by atoms with E-state index in [4.69, 9.17) is 10.1 Å². The monoisotopic (exact) mass is 288 g/mol. The molecule has 2 heterocycles. The zero-order valence-electron chi connectivity index (χ0n) is 11.3. The SMILES string of the molecule is Cc1cc(C(=O)O)cc2sc(N3C[C@H]4CC[C@@H]3C4)nc12. The van der Waals surface area contributed by atoms with E-state index >= 15 is 0 Å². The van der Waals surface area contributed by atoms with Crippen LogP contribution >= 0.6 is 11.3 Å². The lowest BCUT2D eigenvalue weighted by Crippen LogP contribution is -2.31. The van der Waals surface area contributed by atoms with Crippen molar-refractivity contribution in [3.8, 4) is 0 Å². The lowest BCUT2D eigenvalue weighted by atomic mass is 10.1. The third-order valence-electron chi connectivity index (χ3n) is 4.58. The maximum Gasteiger partial charge on any atom is 0.335 e. The Kier molecular flexibility index (Phi) is 2.54. The average molecular weight is 288 g/mol. The molecule has 2 aliphatic rings. The number of carboxylic acid groups (broad SMARTS) is 1. The van der Waals surface area contributed by atoms with Crippen molar-refractivity contribution < 1.29 is 9.90 Å². The molecule has 104 valence electrons. The van der Waals surface area contributed by atoms with Gasteiger partial charge in [-0.15, -0.1) is 0 Å². The highest BCUT2D eigenvalue weighted by Crippen LogP contribution is 2.42. The molecule has 1 N–H and O–H groups in total. The second kappa shape index (κ2) is 4.19. The molecule has 1 aliphatic heterocycles. The predicted octanol–water partition coefficient (Wildman–Crippen LogP) is 3.29. The number of hydrogen-bond acceptors (Lipinski definition) is 4. The maximum atomic E-state index is 11.1. The van der Waals surface area contributed by atoms with Crippen molar-refractivity contribution >= 4 is 32.7 Å². The van der Waals surface area contributed by atoms with Crippen LogP contribution in [0, 0.1) is 12.8 Å². The topological polar surface area (TPSA) is 53.4 Å². The van der Waals surface area contributed by atoms with E-state index in [1.165, 1.54) is 19.3 Å². The van der Waals surface area contributed by atoms with Gasteiger partial charge in [-0.2, -0.15) is 0 Å². The summed E-state index contributed by atoms with van der Waals surface area (Å²) in [5.41, 5.74) is 2.26. The van der Waals surface area contributed by atoms with Gasteiger partial charge in [-0.25, -0.2) is 9.78 Å². The van der Waals surface area contributed by atoms with E-state index in [1.807, 2.05) is 6.92 Å². The molecule has 2 bridgehead atoms. The maximum absolute atomic E-state index is 11.1. The Balaban J connectivity index is 1.79. The molecule has 1 saturated heterocycles. The van der Waals surface area contributed by atoms with E-state index < -0.39 is 5.97 Å². The van der Waals surface area contributed by atoms with Gasteiger partial charge in [0.05, 0.1) is 15.8 Å². The van der Waals surface area contributed by atoms with Crippen molar-refractivity contribution in [2.45, 2.75) is 32.2 Å². The van der Waals surface area contributed by atoms with Gasteiger partial charge in [-0.3, -0.25) is 0 Å². The van der Waals surface area contributed by atoms with Crippen LogP contribution in [0.4, 0.5) is 5.13 Å². The van der Waals surface area contributed by atoms with E-state index in [1.54, 1.807) is 23.5 Å². The van der Waals surface area contributed by atoms with E-state index in [9.17, 15) is 4.79 Å². The zero-order chi connectivity index (χ0) is 13.9. The van der Waals surface area contributed by atoms with Crippen LogP contribution in [-0.4, -0.2) is 28.6 Å². The Morgan fingerprint density at radius 2 is 2.30 bits per heavy atom. The van der Waals surface area contributed by atoms with E-state index in [2.05, 4.69) is 4.90 Å². The highest BCUT2D eigenvalue weighted by atomic mass is 32.1. The first kappa shape index (κ1) is 12.1. The minimum Gasteiger partial charge on any atom is -0.478 e. The molecule has 0 amide bonds. The molecular formula is C15H16N2O2S. The summed E-state index contributed by atoms with van der Waals surface area (Å²) in [6.07, 6.45) is 3.93. The lowest BCUT2D eigenvalue weighted by molar-refractivity contribution is 0.0697. The fourth-order valence-electron chi connectivity index (χ4n) is 3.59. The van der Waals surface area contributed by atoms with E-state index in [-0.39, 0.29) is 0 Å². The summed E-state index contributed by atoms with van der Waals surface area (Å²) < 4.78 is 0.986. The minimum atomic E-state index is -0.870. The number of aromatic nitrogens is 1. The molecular weight excluding hydrogens is 272 g/mol. The van der Waals surface area contributed by atoms with Gasteiger partial charge in [0.2, 0.25) is 0 Å². The summed E-state index contributed by atoms with van der Waals surface area (Å²) >= 11 is 1.63. The van der Waals surface area contributed by atoms with Crippen LogP contribution in [0.3, 0.4) is 0 Å². The normalized spacial score (nSPS) is 24.8. The largest absolute Gasteiger partial charge is 0.478 e. The first-order chi connectivity index (χ1) is 9.61. The molecule has 2 fully saturated rings. The molecule has 20 heavy (non-hydrogen) atoms. The van der Waals surface area contributed by atoms with Gasteiger partial charge in [0.25, 0.3) is 0 Å². The number of fused-ring (bicyclic) bond motifs is 3. The van der Waals surface area contributed by atoms with Crippen molar-refractivity contribution in [3.05, 3.63) is 23.3 Å². The molecule has 0 spiro atoms. The van der Waals surface area contributed by atoms with E-state index in [0.717, 1.165) is 33.4 Å². The van der Waals surface area contributed by atoms with Gasteiger partial charge in [0.15, 0.2) is 5.13 Å². The molecule has 2 aromatic rings. The van der Waals surface area contributed by atoms with Crippen LogP contribution in [0.1, 0.15) is 35.2 Å². The Bertz CT molecular complexity index is 709. The number of rotatable bonds is 2. The van der Waals surface area contributed by atoms with Gasteiger partial charge in [-0.05, 0) is 49.8 Å². The summed E-state index contributed by atoms with van der Waals surface area (Å²) in [7, 11) is 0. The fraction of sp³-hybridized carbons (Fsp3) is 0.467. The van der Waals surface area contributed by atoms with Crippen LogP contribution in [-0.2, 0) is 0 Å². The number of thiazole rings is 1. The Hall–Kier alpha value is -1.62. The summed E-state index contributed by atoms with van der Waals surface area (Å²) in [6, 6.07) is 4.12.